The Labute approximate surface area is 42.9 Å². The van der Waals surface area contributed by atoms with Crippen LogP contribution < -0.4 is 10.6 Å². The molecule has 2 nitrogen and oxygen atoms in total. The first-order valence-electron chi connectivity index (χ1n) is 1.56. The van der Waals surface area contributed by atoms with Crippen LogP contribution in [0.1, 0.15) is 0 Å². The van der Waals surface area contributed by atoms with Crippen molar-refractivity contribution in [3.8, 4) is 0 Å². The lowest BCUT2D eigenvalue weighted by Gasteiger charge is -1.95. The molecule has 2 N–H and O–H groups in total. The lowest BCUT2D eigenvalue weighted by Crippen LogP contribution is -2.27. The van der Waals surface area contributed by atoms with Crippen molar-refractivity contribution >= 4 is 17.3 Å². The molecule has 0 atom stereocenters. The molecular formula is C3H7N2S. The van der Waals surface area contributed by atoms with Crippen molar-refractivity contribution in [1.29, 1.82) is 0 Å². The van der Waals surface area contributed by atoms with Crippen LogP contribution in [0.15, 0.2) is 0 Å². The van der Waals surface area contributed by atoms with Gasteiger partial charge in [-0.1, -0.05) is 0 Å². The monoisotopic (exact) mass is 103 g/mol. The highest BCUT2D eigenvalue weighted by molar-refractivity contribution is 7.80. The van der Waals surface area contributed by atoms with E-state index in [0.29, 0.717) is 5.11 Å². The van der Waals surface area contributed by atoms with E-state index in [0.717, 1.165) is 0 Å². The zero-order valence-electron chi connectivity index (χ0n) is 3.62. The van der Waals surface area contributed by atoms with E-state index in [4.69, 9.17) is 0 Å². The molecule has 35 valence electrons. The van der Waals surface area contributed by atoms with Gasteiger partial charge in [-0.15, -0.1) is 0 Å². The molecule has 0 unspecified atom stereocenters. The van der Waals surface area contributed by atoms with Gasteiger partial charge in [-0.2, -0.15) is 0 Å². The second-order valence-electron chi connectivity index (χ2n) is 0.756. The third kappa shape index (κ3) is 1.96. The SMILES string of the molecule is [CH2]NC(=S)NC. The normalized spacial score (nSPS) is 7.00. The van der Waals surface area contributed by atoms with Gasteiger partial charge in [-0.05, 0) is 12.2 Å². The molecule has 0 aromatic rings. The Morgan fingerprint density at radius 1 is 1.83 bits per heavy atom. The Hall–Kier alpha value is -0.310. The summed E-state index contributed by atoms with van der Waals surface area (Å²) in [5.74, 6) is 0. The van der Waals surface area contributed by atoms with Gasteiger partial charge in [0.25, 0.3) is 0 Å². The molecule has 0 fully saturated rings. The molecule has 1 radical (unpaired) electrons. The van der Waals surface area contributed by atoms with Crippen LogP contribution in [0.25, 0.3) is 0 Å². The van der Waals surface area contributed by atoms with Gasteiger partial charge in [0.1, 0.15) is 0 Å². The molecule has 0 aliphatic rings. The van der Waals surface area contributed by atoms with Crippen molar-refractivity contribution < 1.29 is 0 Å². The predicted molar refractivity (Wildman–Crippen MR) is 30.2 cm³/mol. The van der Waals surface area contributed by atoms with Crippen LogP contribution >= 0.6 is 12.2 Å². The Balaban J connectivity index is 2.99. The Morgan fingerprint density at radius 2 is 2.33 bits per heavy atom. The third-order valence-corrected chi connectivity index (χ3v) is 0.736. The summed E-state index contributed by atoms with van der Waals surface area (Å²) in [5, 5.41) is 5.72. The molecular weight excluding hydrogens is 96.1 g/mol. The average Bonchev–Trinajstić information content (AvgIpc) is 1.65. The van der Waals surface area contributed by atoms with E-state index in [9.17, 15) is 0 Å². The van der Waals surface area contributed by atoms with Crippen molar-refractivity contribution in [1.82, 2.24) is 10.6 Å². The molecule has 0 amide bonds. The van der Waals surface area contributed by atoms with E-state index < -0.39 is 0 Å². The van der Waals surface area contributed by atoms with Crippen molar-refractivity contribution in [3.63, 3.8) is 0 Å². The molecule has 3 heteroatoms. The molecule has 0 bridgehead atoms. The quantitative estimate of drug-likeness (QED) is 0.418. The van der Waals surface area contributed by atoms with Gasteiger partial charge in [-0.25, -0.2) is 0 Å². The molecule has 0 spiro atoms. The number of hydrogen-bond donors (Lipinski definition) is 2. The topological polar surface area (TPSA) is 24.1 Å². The van der Waals surface area contributed by atoms with Crippen molar-refractivity contribution in [2.75, 3.05) is 7.05 Å². The fraction of sp³-hybridized carbons (Fsp3) is 0.333. The van der Waals surface area contributed by atoms with E-state index in [2.05, 4.69) is 29.9 Å². The van der Waals surface area contributed by atoms with Crippen LogP contribution in [0.2, 0.25) is 0 Å². The Morgan fingerprint density at radius 3 is 2.33 bits per heavy atom. The fourth-order valence-electron chi connectivity index (χ4n) is 0.0884. The maximum atomic E-state index is 4.57. The number of rotatable bonds is 0. The number of thiocarbonyl (C=S) groups is 1. The summed E-state index contributed by atoms with van der Waals surface area (Å²) in [7, 11) is 5.04. The summed E-state index contributed by atoms with van der Waals surface area (Å²) >= 11 is 4.57. The lowest BCUT2D eigenvalue weighted by atomic mass is 11.0. The first kappa shape index (κ1) is 5.69. The summed E-state index contributed by atoms with van der Waals surface area (Å²) < 4.78 is 0. The summed E-state index contributed by atoms with van der Waals surface area (Å²) in [5.41, 5.74) is 0. The standard InChI is InChI=1S/C3H7N2S/c1-4-3(6)5-2/h1H2,2H3,(H2,4,5,6). The first-order chi connectivity index (χ1) is 2.81. The van der Waals surface area contributed by atoms with Gasteiger partial charge in [0, 0.05) is 14.1 Å². The van der Waals surface area contributed by atoms with Gasteiger partial charge in [0.05, 0.1) is 0 Å². The summed E-state index contributed by atoms with van der Waals surface area (Å²) in [6.45, 7) is 0. The molecule has 0 aromatic heterocycles. The van der Waals surface area contributed by atoms with E-state index in [1.54, 1.807) is 7.05 Å². The maximum Gasteiger partial charge on any atom is 0.166 e. The van der Waals surface area contributed by atoms with Crippen LogP contribution in [-0.4, -0.2) is 12.2 Å². The largest absolute Gasteiger partial charge is 0.366 e. The number of hydrogen-bond acceptors (Lipinski definition) is 1. The molecule has 0 heterocycles. The van der Waals surface area contributed by atoms with Crippen LogP contribution in [0, 0.1) is 7.05 Å². The molecule has 0 aliphatic heterocycles. The van der Waals surface area contributed by atoms with Crippen LogP contribution in [0.5, 0.6) is 0 Å². The first-order valence-corrected chi connectivity index (χ1v) is 1.97. The third-order valence-electron chi connectivity index (χ3n) is 0.388. The zero-order chi connectivity index (χ0) is 4.99. The van der Waals surface area contributed by atoms with Gasteiger partial charge in [0.2, 0.25) is 0 Å². The Kier molecular flexibility index (Phi) is 2.75. The molecule has 0 aliphatic carbocycles. The molecule has 6 heavy (non-hydrogen) atoms. The van der Waals surface area contributed by atoms with E-state index in [1.165, 1.54) is 0 Å². The van der Waals surface area contributed by atoms with E-state index in [1.807, 2.05) is 0 Å². The summed E-state index contributed by atoms with van der Waals surface area (Å²) in [6.07, 6.45) is 0. The minimum absolute atomic E-state index is 0.565. The fourth-order valence-corrected chi connectivity index (χ4v) is 0.0884. The Bertz CT molecular complexity index is 46.8. The van der Waals surface area contributed by atoms with Crippen LogP contribution in [-0.2, 0) is 0 Å². The predicted octanol–water partition coefficient (Wildman–Crippen LogP) is -0.128. The smallest absolute Gasteiger partial charge is 0.166 e. The minimum atomic E-state index is 0.565. The van der Waals surface area contributed by atoms with Gasteiger partial charge in [0.15, 0.2) is 5.11 Å². The second-order valence-corrected chi connectivity index (χ2v) is 1.16. The van der Waals surface area contributed by atoms with Crippen molar-refractivity contribution in [2.45, 2.75) is 0 Å². The van der Waals surface area contributed by atoms with E-state index >= 15 is 0 Å². The summed E-state index contributed by atoms with van der Waals surface area (Å²) in [6, 6.07) is 0. The van der Waals surface area contributed by atoms with Gasteiger partial charge >= 0.3 is 0 Å². The highest BCUT2D eigenvalue weighted by Crippen LogP contribution is 1.53. The highest BCUT2D eigenvalue weighted by atomic mass is 32.1. The summed E-state index contributed by atoms with van der Waals surface area (Å²) in [4.78, 5) is 0. The molecule has 0 saturated heterocycles. The highest BCUT2D eigenvalue weighted by Gasteiger charge is 1.75. The van der Waals surface area contributed by atoms with Crippen LogP contribution in [0.3, 0.4) is 0 Å². The second kappa shape index (κ2) is 2.90. The van der Waals surface area contributed by atoms with Crippen molar-refractivity contribution in [3.05, 3.63) is 7.05 Å². The van der Waals surface area contributed by atoms with Gasteiger partial charge < -0.3 is 10.6 Å². The lowest BCUT2D eigenvalue weighted by molar-refractivity contribution is 1.10. The average molecular weight is 103 g/mol. The molecule has 0 aromatic carbocycles. The molecule has 0 rings (SSSR count). The maximum absolute atomic E-state index is 4.57. The van der Waals surface area contributed by atoms with Crippen molar-refractivity contribution in [2.24, 2.45) is 0 Å². The molecule has 0 saturated carbocycles. The van der Waals surface area contributed by atoms with E-state index in [-0.39, 0.29) is 0 Å². The van der Waals surface area contributed by atoms with Crippen LogP contribution in [0.4, 0.5) is 0 Å². The zero-order valence-corrected chi connectivity index (χ0v) is 4.43. The minimum Gasteiger partial charge on any atom is -0.366 e. The van der Waals surface area contributed by atoms with Gasteiger partial charge in [-0.3, -0.25) is 0 Å². The number of nitrogens with one attached hydrogen (secondary N) is 2.